The fraction of sp³-hybridized carbons (Fsp3) is 0.278. The minimum atomic E-state index is 0.770. The summed E-state index contributed by atoms with van der Waals surface area (Å²) in [6, 6.07) is 16.0. The van der Waals surface area contributed by atoms with Gasteiger partial charge in [0.15, 0.2) is 0 Å². The number of hydrogen-bond acceptors (Lipinski definition) is 5. The molecule has 2 aromatic rings. The quantitative estimate of drug-likeness (QED) is 0.681. The van der Waals surface area contributed by atoms with Crippen LogP contribution in [-0.2, 0) is 4.74 Å². The lowest BCUT2D eigenvalue weighted by atomic mass is 10.1. The molecule has 0 saturated carbocycles. The van der Waals surface area contributed by atoms with Crippen molar-refractivity contribution in [3.63, 3.8) is 0 Å². The Morgan fingerprint density at radius 3 is 2.65 bits per heavy atom. The van der Waals surface area contributed by atoms with E-state index in [1.165, 1.54) is 0 Å². The Bertz CT molecular complexity index is 653. The van der Waals surface area contributed by atoms with Crippen LogP contribution in [0.3, 0.4) is 0 Å². The monoisotopic (exact) mass is 311 g/mol. The number of hydrogen-bond donors (Lipinski definition) is 1. The number of para-hydroxylation sites is 1. The third kappa shape index (κ3) is 4.02. The van der Waals surface area contributed by atoms with Crippen molar-refractivity contribution in [3.05, 3.63) is 54.1 Å². The number of methoxy groups -OCH3 is 1. The summed E-state index contributed by atoms with van der Waals surface area (Å²) >= 11 is 0. The summed E-state index contributed by atoms with van der Waals surface area (Å²) in [6.07, 6.45) is 1.77. The maximum atomic E-state index is 5.50. The van der Waals surface area contributed by atoms with E-state index in [0.717, 1.165) is 49.0 Å². The third-order valence-electron chi connectivity index (χ3n) is 3.76. The normalized spacial score (nSPS) is 14.9. The van der Waals surface area contributed by atoms with Gasteiger partial charge >= 0.3 is 0 Å². The van der Waals surface area contributed by atoms with Crippen LogP contribution in [0.1, 0.15) is 5.56 Å². The van der Waals surface area contributed by atoms with Gasteiger partial charge in [-0.1, -0.05) is 18.2 Å². The highest BCUT2D eigenvalue weighted by Crippen LogP contribution is 2.25. The van der Waals surface area contributed by atoms with Gasteiger partial charge in [-0.2, -0.15) is 5.10 Å². The highest BCUT2D eigenvalue weighted by Gasteiger charge is 2.13. The maximum Gasteiger partial charge on any atom is 0.129 e. The molecule has 0 atom stereocenters. The van der Waals surface area contributed by atoms with Crippen LogP contribution in [-0.4, -0.2) is 39.6 Å². The number of benzene rings is 2. The fourth-order valence-electron chi connectivity index (χ4n) is 2.51. The Morgan fingerprint density at radius 1 is 1.13 bits per heavy atom. The molecule has 3 rings (SSSR count). The fourth-order valence-corrected chi connectivity index (χ4v) is 2.51. The van der Waals surface area contributed by atoms with Crippen molar-refractivity contribution >= 4 is 17.6 Å². The number of hydrazone groups is 1. The Kier molecular flexibility index (Phi) is 5.11. The van der Waals surface area contributed by atoms with E-state index in [4.69, 9.17) is 9.47 Å². The molecule has 0 aliphatic carbocycles. The molecule has 2 aromatic carbocycles. The van der Waals surface area contributed by atoms with Crippen molar-refractivity contribution in [2.45, 2.75) is 0 Å². The number of anilines is 2. The maximum absolute atomic E-state index is 5.50. The number of nitrogens with zero attached hydrogens (tertiary/aromatic N) is 2. The molecule has 5 heteroatoms. The number of nitrogens with one attached hydrogen (secondary N) is 1. The molecule has 1 fully saturated rings. The molecule has 0 bridgehead atoms. The van der Waals surface area contributed by atoms with Gasteiger partial charge in [0.1, 0.15) is 5.75 Å². The third-order valence-corrected chi connectivity index (χ3v) is 3.76. The molecule has 5 nitrogen and oxygen atoms in total. The molecule has 0 radical (unpaired) electrons. The molecule has 1 aliphatic rings. The Balaban J connectivity index is 1.71. The van der Waals surface area contributed by atoms with Crippen LogP contribution in [0.4, 0.5) is 11.4 Å². The van der Waals surface area contributed by atoms with Crippen molar-refractivity contribution in [2.75, 3.05) is 43.7 Å². The SMILES string of the molecule is COc1cc(N2CCOCC2)ccc1/C=N\Nc1ccccc1. The van der Waals surface area contributed by atoms with Gasteiger partial charge in [-0.05, 0) is 24.3 Å². The molecule has 1 aliphatic heterocycles. The van der Waals surface area contributed by atoms with E-state index in [1.54, 1.807) is 13.3 Å². The van der Waals surface area contributed by atoms with Crippen molar-refractivity contribution in [3.8, 4) is 5.75 Å². The van der Waals surface area contributed by atoms with Gasteiger partial charge in [0.25, 0.3) is 0 Å². The van der Waals surface area contributed by atoms with E-state index >= 15 is 0 Å². The first-order valence-electron chi connectivity index (χ1n) is 7.71. The summed E-state index contributed by atoms with van der Waals surface area (Å²) in [5.41, 5.74) is 6.05. The van der Waals surface area contributed by atoms with Crippen LogP contribution >= 0.6 is 0 Å². The molecule has 1 N–H and O–H groups in total. The van der Waals surface area contributed by atoms with E-state index in [2.05, 4.69) is 27.6 Å². The minimum Gasteiger partial charge on any atom is -0.496 e. The summed E-state index contributed by atoms with van der Waals surface area (Å²) < 4.78 is 10.9. The predicted octanol–water partition coefficient (Wildman–Crippen LogP) is 2.98. The average molecular weight is 311 g/mol. The first-order chi connectivity index (χ1) is 11.4. The molecule has 0 spiro atoms. The van der Waals surface area contributed by atoms with Crippen LogP contribution in [0, 0.1) is 0 Å². The summed E-state index contributed by atoms with van der Waals surface area (Å²) in [6.45, 7) is 3.36. The zero-order chi connectivity index (χ0) is 15.9. The van der Waals surface area contributed by atoms with Gasteiger partial charge in [0, 0.05) is 30.4 Å². The van der Waals surface area contributed by atoms with Crippen LogP contribution in [0.25, 0.3) is 0 Å². The molecule has 1 heterocycles. The summed E-state index contributed by atoms with van der Waals surface area (Å²) in [5.74, 6) is 0.813. The Hall–Kier alpha value is -2.53. The number of ether oxygens (including phenoxy) is 2. The van der Waals surface area contributed by atoms with Crippen LogP contribution in [0.5, 0.6) is 5.75 Å². The van der Waals surface area contributed by atoms with Gasteiger partial charge < -0.3 is 14.4 Å². The smallest absolute Gasteiger partial charge is 0.129 e. The molecule has 23 heavy (non-hydrogen) atoms. The second-order valence-corrected chi connectivity index (χ2v) is 5.26. The van der Waals surface area contributed by atoms with Gasteiger partial charge in [-0.3, -0.25) is 5.43 Å². The molecule has 0 amide bonds. The van der Waals surface area contributed by atoms with E-state index in [1.807, 2.05) is 36.4 Å². The number of morpholine rings is 1. The van der Waals surface area contributed by atoms with Crippen LogP contribution in [0.2, 0.25) is 0 Å². The highest BCUT2D eigenvalue weighted by atomic mass is 16.5. The van der Waals surface area contributed by atoms with E-state index < -0.39 is 0 Å². The van der Waals surface area contributed by atoms with Gasteiger partial charge in [0.2, 0.25) is 0 Å². The average Bonchev–Trinajstić information content (AvgIpc) is 2.63. The standard InChI is InChI=1S/C18H21N3O2/c1-22-18-13-17(21-9-11-23-12-10-21)8-7-15(18)14-19-20-16-5-3-2-4-6-16/h2-8,13-14,20H,9-12H2,1H3/b19-14-. The van der Waals surface area contributed by atoms with E-state index in [9.17, 15) is 0 Å². The van der Waals surface area contributed by atoms with E-state index in [0.29, 0.717) is 0 Å². The summed E-state index contributed by atoms with van der Waals surface area (Å²) in [4.78, 5) is 2.30. The molecule has 0 aromatic heterocycles. The molecular formula is C18H21N3O2. The summed E-state index contributed by atoms with van der Waals surface area (Å²) in [5, 5.41) is 4.27. The zero-order valence-corrected chi connectivity index (χ0v) is 13.2. The van der Waals surface area contributed by atoms with Crippen molar-refractivity contribution in [2.24, 2.45) is 5.10 Å². The Morgan fingerprint density at radius 2 is 1.91 bits per heavy atom. The first kappa shape index (κ1) is 15.4. The van der Waals surface area contributed by atoms with Gasteiger partial charge in [-0.15, -0.1) is 0 Å². The summed E-state index contributed by atoms with van der Waals surface area (Å²) in [7, 11) is 1.68. The lowest BCUT2D eigenvalue weighted by Crippen LogP contribution is -2.36. The van der Waals surface area contributed by atoms with Gasteiger partial charge in [-0.25, -0.2) is 0 Å². The highest BCUT2D eigenvalue weighted by molar-refractivity contribution is 5.85. The lowest BCUT2D eigenvalue weighted by Gasteiger charge is -2.29. The number of rotatable bonds is 5. The second-order valence-electron chi connectivity index (χ2n) is 5.26. The second kappa shape index (κ2) is 7.65. The molecule has 1 saturated heterocycles. The van der Waals surface area contributed by atoms with Gasteiger partial charge in [0.05, 0.1) is 32.2 Å². The van der Waals surface area contributed by atoms with Crippen molar-refractivity contribution in [1.82, 2.24) is 0 Å². The minimum absolute atomic E-state index is 0.770. The van der Waals surface area contributed by atoms with Crippen molar-refractivity contribution in [1.29, 1.82) is 0 Å². The zero-order valence-electron chi connectivity index (χ0n) is 13.2. The molecule has 120 valence electrons. The molecule has 0 unspecified atom stereocenters. The lowest BCUT2D eigenvalue weighted by molar-refractivity contribution is 0.122. The topological polar surface area (TPSA) is 46.1 Å². The predicted molar refractivity (Wildman–Crippen MR) is 93.7 cm³/mol. The Labute approximate surface area is 136 Å². The van der Waals surface area contributed by atoms with Crippen molar-refractivity contribution < 1.29 is 9.47 Å². The first-order valence-corrected chi connectivity index (χ1v) is 7.71. The van der Waals surface area contributed by atoms with E-state index in [-0.39, 0.29) is 0 Å². The molecular weight excluding hydrogens is 290 g/mol. The largest absolute Gasteiger partial charge is 0.496 e. The van der Waals surface area contributed by atoms with Crippen LogP contribution in [0.15, 0.2) is 53.6 Å². The van der Waals surface area contributed by atoms with Crippen LogP contribution < -0.4 is 15.1 Å².